The maximum atomic E-state index is 12.7. The van der Waals surface area contributed by atoms with Crippen LogP contribution in [0.4, 0.5) is 5.69 Å². The van der Waals surface area contributed by atoms with Crippen LogP contribution in [0.15, 0.2) is 48.8 Å². The molecule has 3 aliphatic rings. The molecule has 0 unspecified atom stereocenters. The molecule has 0 atom stereocenters. The molecule has 0 aromatic heterocycles. The molecule has 7 heteroatoms. The van der Waals surface area contributed by atoms with E-state index in [1.54, 1.807) is 0 Å². The summed E-state index contributed by atoms with van der Waals surface area (Å²) in [5, 5.41) is 4.77. The zero-order valence-electron chi connectivity index (χ0n) is 14.4. The van der Waals surface area contributed by atoms with Crippen LogP contribution < -0.4 is 22.1 Å². The van der Waals surface area contributed by atoms with E-state index in [-0.39, 0.29) is 22.7 Å². The second kappa shape index (κ2) is 6.01. The molecule has 136 valence electrons. The van der Waals surface area contributed by atoms with Crippen LogP contribution >= 0.6 is 0 Å². The third-order valence-electron chi connectivity index (χ3n) is 5.54. The minimum Gasteiger partial charge on any atom is -0.399 e. The van der Waals surface area contributed by atoms with Crippen LogP contribution in [0, 0.1) is 5.41 Å². The average Bonchev–Trinajstić information content (AvgIpc) is 3.13. The number of fused-ring (bicyclic) bond motifs is 1. The predicted octanol–water partition coefficient (Wildman–Crippen LogP) is 0.826. The first-order valence-corrected chi connectivity index (χ1v) is 8.34. The fourth-order valence-corrected chi connectivity index (χ4v) is 4.14. The molecule has 3 saturated carbocycles. The summed E-state index contributed by atoms with van der Waals surface area (Å²) in [6.45, 7) is 6.90. The number of amides is 3. The Morgan fingerprint density at radius 3 is 2.15 bits per heavy atom. The standard InChI is InChI=1S/C19H22N4O3/c1-11(15(21)24)22-16(25)12(2)23-17(26)19-8-7-18(9-19,10-19)13-3-5-14(20)6-4-13/h3-6H,1-2,7-10,20H2,(H2,21,24)(H,22,25)(H,23,26). The van der Waals surface area contributed by atoms with Crippen LogP contribution in [0.25, 0.3) is 0 Å². The lowest BCUT2D eigenvalue weighted by molar-refractivity contribution is -0.136. The topological polar surface area (TPSA) is 127 Å². The molecule has 3 amide bonds. The van der Waals surface area contributed by atoms with Crippen molar-refractivity contribution in [2.24, 2.45) is 11.1 Å². The maximum Gasteiger partial charge on any atom is 0.271 e. The molecule has 0 aliphatic heterocycles. The van der Waals surface area contributed by atoms with E-state index >= 15 is 0 Å². The first-order valence-electron chi connectivity index (χ1n) is 8.34. The third kappa shape index (κ3) is 2.85. The predicted molar refractivity (Wildman–Crippen MR) is 97.2 cm³/mol. The molecular weight excluding hydrogens is 332 g/mol. The number of hydrogen-bond donors (Lipinski definition) is 4. The van der Waals surface area contributed by atoms with Gasteiger partial charge in [0.25, 0.3) is 11.8 Å². The summed E-state index contributed by atoms with van der Waals surface area (Å²) in [6.07, 6.45) is 3.14. The number of carbonyl (C=O) groups excluding carboxylic acids is 3. The molecule has 3 fully saturated rings. The zero-order chi connectivity index (χ0) is 19.1. The van der Waals surface area contributed by atoms with Crippen molar-refractivity contribution in [1.29, 1.82) is 0 Å². The van der Waals surface area contributed by atoms with Crippen molar-refractivity contribution >= 4 is 23.4 Å². The van der Waals surface area contributed by atoms with E-state index in [0.717, 1.165) is 25.7 Å². The lowest BCUT2D eigenvalue weighted by Gasteiger charge is -2.46. The highest BCUT2D eigenvalue weighted by atomic mass is 16.2. The van der Waals surface area contributed by atoms with Crippen LogP contribution in [-0.4, -0.2) is 17.7 Å². The van der Waals surface area contributed by atoms with Gasteiger partial charge in [-0.05, 0) is 48.8 Å². The van der Waals surface area contributed by atoms with Crippen LogP contribution in [0.1, 0.15) is 31.2 Å². The molecule has 3 aliphatic carbocycles. The van der Waals surface area contributed by atoms with Crippen molar-refractivity contribution in [2.75, 3.05) is 5.73 Å². The number of anilines is 1. The lowest BCUT2D eigenvalue weighted by atomic mass is 9.57. The van der Waals surface area contributed by atoms with Gasteiger partial charge >= 0.3 is 0 Å². The first kappa shape index (κ1) is 17.7. The number of nitrogens with one attached hydrogen (secondary N) is 2. The van der Waals surface area contributed by atoms with Gasteiger partial charge in [0.05, 0.1) is 16.8 Å². The van der Waals surface area contributed by atoms with Crippen molar-refractivity contribution < 1.29 is 14.4 Å². The van der Waals surface area contributed by atoms with Gasteiger partial charge in [0.2, 0.25) is 5.91 Å². The van der Waals surface area contributed by atoms with Gasteiger partial charge in [0.15, 0.2) is 0 Å². The molecule has 1 aromatic rings. The summed E-state index contributed by atoms with van der Waals surface area (Å²) < 4.78 is 0. The van der Waals surface area contributed by atoms with Gasteiger partial charge in [0.1, 0.15) is 0 Å². The van der Waals surface area contributed by atoms with E-state index in [0.29, 0.717) is 5.69 Å². The minimum absolute atomic E-state index is 0.00882. The van der Waals surface area contributed by atoms with Crippen LogP contribution in [0.5, 0.6) is 0 Å². The molecule has 4 rings (SSSR count). The Bertz CT molecular complexity index is 820. The Morgan fingerprint density at radius 2 is 1.58 bits per heavy atom. The van der Waals surface area contributed by atoms with Crippen LogP contribution in [0.3, 0.4) is 0 Å². The van der Waals surface area contributed by atoms with E-state index in [9.17, 15) is 14.4 Å². The fraction of sp³-hybridized carbons (Fsp3) is 0.316. The van der Waals surface area contributed by atoms with Gasteiger partial charge < -0.3 is 22.1 Å². The number of benzene rings is 1. The van der Waals surface area contributed by atoms with Crippen molar-refractivity contribution in [3.63, 3.8) is 0 Å². The van der Waals surface area contributed by atoms with Crippen molar-refractivity contribution in [1.82, 2.24) is 10.6 Å². The summed E-state index contributed by atoms with van der Waals surface area (Å²) in [7, 11) is 0. The van der Waals surface area contributed by atoms with E-state index in [1.165, 1.54) is 5.56 Å². The smallest absolute Gasteiger partial charge is 0.271 e. The summed E-state index contributed by atoms with van der Waals surface area (Å²) >= 11 is 0. The monoisotopic (exact) mass is 354 g/mol. The molecule has 2 bridgehead atoms. The Labute approximate surface area is 151 Å². The molecule has 1 aromatic carbocycles. The largest absolute Gasteiger partial charge is 0.399 e. The second-order valence-electron chi connectivity index (χ2n) is 7.27. The molecule has 6 N–H and O–H groups in total. The SMILES string of the molecule is C=C(NC(=O)C(=C)NC(=O)C12CCC(c3ccc(N)cc3)(C1)C2)C(N)=O. The molecular formula is C19H22N4O3. The maximum absolute atomic E-state index is 12.7. The second-order valence-corrected chi connectivity index (χ2v) is 7.27. The number of hydrogen-bond acceptors (Lipinski definition) is 4. The summed E-state index contributed by atoms with van der Waals surface area (Å²) in [5.74, 6) is -1.77. The number of nitrogens with two attached hydrogens (primary N) is 2. The number of carbonyl (C=O) groups is 3. The van der Waals surface area contributed by atoms with Gasteiger partial charge in [-0.2, -0.15) is 0 Å². The van der Waals surface area contributed by atoms with Crippen molar-refractivity contribution in [3.05, 3.63) is 54.4 Å². The molecule has 0 heterocycles. The number of rotatable bonds is 6. The third-order valence-corrected chi connectivity index (χ3v) is 5.54. The Balaban J connectivity index is 1.61. The average molecular weight is 354 g/mol. The molecule has 0 radical (unpaired) electrons. The van der Waals surface area contributed by atoms with Gasteiger partial charge in [-0.3, -0.25) is 14.4 Å². The van der Waals surface area contributed by atoms with Crippen LogP contribution in [0.2, 0.25) is 0 Å². The fourth-order valence-electron chi connectivity index (χ4n) is 4.14. The quantitative estimate of drug-likeness (QED) is 0.445. The summed E-state index contributed by atoms with van der Waals surface area (Å²) in [5.41, 5.74) is 11.8. The van der Waals surface area contributed by atoms with Gasteiger partial charge in [-0.15, -0.1) is 0 Å². The summed E-state index contributed by atoms with van der Waals surface area (Å²) in [6, 6.07) is 7.79. The highest BCUT2D eigenvalue weighted by Crippen LogP contribution is 2.67. The van der Waals surface area contributed by atoms with Crippen LogP contribution in [-0.2, 0) is 19.8 Å². The van der Waals surface area contributed by atoms with Gasteiger partial charge in [-0.1, -0.05) is 25.3 Å². The Morgan fingerprint density at radius 1 is 0.962 bits per heavy atom. The zero-order valence-corrected chi connectivity index (χ0v) is 14.4. The van der Waals surface area contributed by atoms with Gasteiger partial charge in [0, 0.05) is 5.69 Å². The van der Waals surface area contributed by atoms with E-state index in [4.69, 9.17) is 11.5 Å². The van der Waals surface area contributed by atoms with E-state index in [1.807, 2.05) is 24.3 Å². The normalized spacial score (nSPS) is 25.7. The summed E-state index contributed by atoms with van der Waals surface area (Å²) in [4.78, 5) is 35.5. The first-order chi connectivity index (χ1) is 12.2. The van der Waals surface area contributed by atoms with Crippen molar-refractivity contribution in [2.45, 2.75) is 31.1 Å². The molecule has 0 saturated heterocycles. The number of nitrogen functional groups attached to an aromatic ring is 1. The lowest BCUT2D eigenvalue weighted by Crippen LogP contribution is -2.51. The van der Waals surface area contributed by atoms with Crippen molar-refractivity contribution in [3.8, 4) is 0 Å². The number of primary amides is 1. The van der Waals surface area contributed by atoms with E-state index in [2.05, 4.69) is 23.8 Å². The van der Waals surface area contributed by atoms with E-state index < -0.39 is 17.2 Å². The highest BCUT2D eigenvalue weighted by Gasteiger charge is 2.64. The molecule has 7 nitrogen and oxygen atoms in total. The Kier molecular flexibility index (Phi) is 4.10. The Hall–Kier alpha value is -3.09. The highest BCUT2D eigenvalue weighted by molar-refractivity contribution is 6.03. The van der Waals surface area contributed by atoms with Gasteiger partial charge in [-0.25, -0.2) is 0 Å². The molecule has 26 heavy (non-hydrogen) atoms. The minimum atomic E-state index is -0.848. The molecule has 0 spiro atoms.